The van der Waals surface area contributed by atoms with Gasteiger partial charge in [-0.1, -0.05) is 46.3 Å². The van der Waals surface area contributed by atoms with Crippen LogP contribution in [0.25, 0.3) is 0 Å². The summed E-state index contributed by atoms with van der Waals surface area (Å²) < 4.78 is 1.03. The molecule has 7 nitrogen and oxygen atoms in total. The zero-order valence-electron chi connectivity index (χ0n) is 15.2. The first kappa shape index (κ1) is 18.4. The molecule has 0 aliphatic carbocycles. The molecule has 3 aromatic rings. The fourth-order valence-electron chi connectivity index (χ4n) is 2.89. The highest BCUT2D eigenvalue weighted by molar-refractivity contribution is 9.10. The number of nitrogens with zero attached hydrogens (tertiary/aromatic N) is 5. The summed E-state index contributed by atoms with van der Waals surface area (Å²) in [6.07, 6.45) is 4.03. The molecule has 0 unspecified atom stereocenters. The molecule has 0 radical (unpaired) electrons. The molecule has 1 fully saturated rings. The minimum atomic E-state index is 0.406. The molecule has 1 saturated heterocycles. The topological polar surface area (TPSA) is 78.3 Å². The van der Waals surface area contributed by atoms with Crippen molar-refractivity contribution in [3.05, 3.63) is 64.6 Å². The quantitative estimate of drug-likeness (QED) is 0.438. The van der Waals surface area contributed by atoms with Crippen molar-refractivity contribution in [2.75, 3.05) is 28.7 Å². The second-order valence-corrected chi connectivity index (χ2v) is 7.31. The second-order valence-electron chi connectivity index (χ2n) is 6.39. The van der Waals surface area contributed by atoms with Crippen LogP contribution < -0.4 is 15.6 Å². The fraction of sp³-hybridized carbons (Fsp3) is 0.200. The van der Waals surface area contributed by atoms with Gasteiger partial charge in [-0.15, -0.1) is 0 Å². The van der Waals surface area contributed by atoms with Crippen LogP contribution in [0.4, 0.5) is 23.5 Å². The number of rotatable bonds is 6. The average molecular weight is 438 g/mol. The van der Waals surface area contributed by atoms with Crippen LogP contribution in [0.3, 0.4) is 0 Å². The van der Waals surface area contributed by atoms with Gasteiger partial charge in [-0.05, 0) is 42.7 Å². The normalized spacial score (nSPS) is 13.8. The minimum absolute atomic E-state index is 0.406. The molecule has 28 heavy (non-hydrogen) atoms. The van der Waals surface area contributed by atoms with Gasteiger partial charge >= 0.3 is 0 Å². The number of hydrazone groups is 1. The standard InChI is InChI=1S/C20H20BrN7/c21-16-10-8-15(9-11-16)14-22-27-19-24-18(23-17-6-2-1-3-7-17)25-20(26-19)28-12-4-5-13-28/h1-3,6-11,14H,4-5,12-13H2,(H2,23,24,25,26,27)/b22-14+. The van der Waals surface area contributed by atoms with E-state index in [1.54, 1.807) is 6.21 Å². The van der Waals surface area contributed by atoms with Gasteiger partial charge in [0.05, 0.1) is 6.21 Å². The molecule has 2 heterocycles. The number of halogens is 1. The van der Waals surface area contributed by atoms with E-state index < -0.39 is 0 Å². The van der Waals surface area contributed by atoms with Crippen LogP contribution in [0.5, 0.6) is 0 Å². The van der Waals surface area contributed by atoms with E-state index in [0.29, 0.717) is 17.8 Å². The Morgan fingerprint density at radius 2 is 1.61 bits per heavy atom. The summed E-state index contributed by atoms with van der Waals surface area (Å²) >= 11 is 3.43. The first-order valence-corrected chi connectivity index (χ1v) is 9.93. The van der Waals surface area contributed by atoms with Crippen molar-refractivity contribution in [1.82, 2.24) is 15.0 Å². The third-order valence-corrected chi connectivity index (χ3v) is 4.82. The molecule has 1 aromatic heterocycles. The summed E-state index contributed by atoms with van der Waals surface area (Å²) in [6, 6.07) is 17.7. The van der Waals surface area contributed by atoms with Gasteiger partial charge in [-0.25, -0.2) is 5.43 Å². The van der Waals surface area contributed by atoms with Gasteiger partial charge in [-0.3, -0.25) is 0 Å². The van der Waals surface area contributed by atoms with Crippen LogP contribution in [-0.2, 0) is 0 Å². The van der Waals surface area contributed by atoms with Crippen molar-refractivity contribution in [3.8, 4) is 0 Å². The van der Waals surface area contributed by atoms with Gasteiger partial charge in [0.2, 0.25) is 17.8 Å². The molecule has 2 N–H and O–H groups in total. The van der Waals surface area contributed by atoms with Crippen LogP contribution in [-0.4, -0.2) is 34.3 Å². The van der Waals surface area contributed by atoms with E-state index in [-0.39, 0.29) is 0 Å². The molecule has 0 bridgehead atoms. The van der Waals surface area contributed by atoms with Crippen LogP contribution in [0.15, 0.2) is 64.2 Å². The second kappa shape index (κ2) is 8.79. The fourth-order valence-corrected chi connectivity index (χ4v) is 3.16. The van der Waals surface area contributed by atoms with E-state index in [1.165, 1.54) is 0 Å². The van der Waals surface area contributed by atoms with Crippen molar-refractivity contribution in [2.45, 2.75) is 12.8 Å². The van der Waals surface area contributed by atoms with Crippen LogP contribution in [0.1, 0.15) is 18.4 Å². The van der Waals surface area contributed by atoms with Gasteiger partial charge < -0.3 is 10.2 Å². The monoisotopic (exact) mass is 437 g/mol. The average Bonchev–Trinajstić information content (AvgIpc) is 3.25. The molecule has 0 spiro atoms. The van der Waals surface area contributed by atoms with Crippen molar-refractivity contribution in [2.24, 2.45) is 5.10 Å². The summed E-state index contributed by atoms with van der Waals surface area (Å²) in [5, 5.41) is 7.50. The van der Waals surface area contributed by atoms with Crippen molar-refractivity contribution in [1.29, 1.82) is 0 Å². The van der Waals surface area contributed by atoms with Gasteiger partial charge in [-0.2, -0.15) is 20.1 Å². The van der Waals surface area contributed by atoms with Gasteiger partial charge in [0.1, 0.15) is 0 Å². The lowest BCUT2D eigenvalue weighted by atomic mass is 10.2. The molecule has 142 valence electrons. The maximum absolute atomic E-state index is 4.58. The lowest BCUT2D eigenvalue weighted by Crippen LogP contribution is -2.21. The number of benzene rings is 2. The van der Waals surface area contributed by atoms with E-state index in [1.807, 2.05) is 54.6 Å². The predicted molar refractivity (Wildman–Crippen MR) is 116 cm³/mol. The van der Waals surface area contributed by atoms with Crippen LogP contribution >= 0.6 is 15.9 Å². The highest BCUT2D eigenvalue weighted by Crippen LogP contribution is 2.20. The Labute approximate surface area is 172 Å². The third kappa shape index (κ3) is 4.83. The SMILES string of the molecule is Brc1ccc(/C=N/Nc2nc(Nc3ccccc3)nc(N3CCCC3)n2)cc1. The molecule has 0 atom stereocenters. The first-order valence-electron chi connectivity index (χ1n) is 9.14. The van der Waals surface area contributed by atoms with E-state index >= 15 is 0 Å². The molecule has 8 heteroatoms. The number of nitrogens with one attached hydrogen (secondary N) is 2. The Morgan fingerprint density at radius 1 is 0.893 bits per heavy atom. The Morgan fingerprint density at radius 3 is 2.36 bits per heavy atom. The smallest absolute Gasteiger partial charge is 0.250 e. The van der Waals surface area contributed by atoms with E-state index in [0.717, 1.165) is 41.7 Å². The zero-order chi connectivity index (χ0) is 19.2. The number of anilines is 4. The van der Waals surface area contributed by atoms with Crippen LogP contribution in [0, 0.1) is 0 Å². The predicted octanol–water partition coefficient (Wildman–Crippen LogP) is 4.42. The summed E-state index contributed by atoms with van der Waals surface area (Å²) in [4.78, 5) is 15.7. The summed E-state index contributed by atoms with van der Waals surface area (Å²) in [5.41, 5.74) is 4.83. The number of para-hydroxylation sites is 1. The zero-order valence-corrected chi connectivity index (χ0v) is 16.8. The van der Waals surface area contributed by atoms with Gasteiger partial charge in [0.25, 0.3) is 0 Å². The van der Waals surface area contributed by atoms with E-state index in [4.69, 9.17) is 0 Å². The first-order chi connectivity index (χ1) is 13.8. The maximum atomic E-state index is 4.58. The number of hydrogen-bond donors (Lipinski definition) is 2. The molecule has 4 rings (SSSR count). The molecule has 1 aliphatic heterocycles. The highest BCUT2D eigenvalue weighted by Gasteiger charge is 2.17. The molecule has 0 saturated carbocycles. The Kier molecular flexibility index (Phi) is 5.77. The van der Waals surface area contributed by atoms with E-state index in [9.17, 15) is 0 Å². The summed E-state index contributed by atoms with van der Waals surface area (Å²) in [7, 11) is 0. The third-order valence-electron chi connectivity index (χ3n) is 4.29. The Hall–Kier alpha value is -3.00. The van der Waals surface area contributed by atoms with Crippen molar-refractivity contribution < 1.29 is 0 Å². The van der Waals surface area contributed by atoms with Gasteiger partial charge in [0.15, 0.2) is 0 Å². The molecule has 1 aliphatic rings. The molecular weight excluding hydrogens is 418 g/mol. The number of hydrogen-bond acceptors (Lipinski definition) is 7. The Bertz CT molecular complexity index is 939. The highest BCUT2D eigenvalue weighted by atomic mass is 79.9. The largest absolute Gasteiger partial charge is 0.341 e. The maximum Gasteiger partial charge on any atom is 0.250 e. The molecule has 2 aromatic carbocycles. The molecular formula is C20H20BrN7. The minimum Gasteiger partial charge on any atom is -0.341 e. The van der Waals surface area contributed by atoms with E-state index in [2.05, 4.69) is 51.6 Å². The summed E-state index contributed by atoms with van der Waals surface area (Å²) in [5.74, 6) is 1.56. The van der Waals surface area contributed by atoms with Crippen LogP contribution in [0.2, 0.25) is 0 Å². The summed E-state index contributed by atoms with van der Waals surface area (Å²) in [6.45, 7) is 1.91. The number of aromatic nitrogens is 3. The molecule has 0 amide bonds. The van der Waals surface area contributed by atoms with Crippen molar-refractivity contribution in [3.63, 3.8) is 0 Å². The van der Waals surface area contributed by atoms with Gasteiger partial charge in [0, 0.05) is 23.2 Å². The lowest BCUT2D eigenvalue weighted by molar-refractivity contribution is 0.883. The lowest BCUT2D eigenvalue weighted by Gasteiger charge is -2.16. The Balaban J connectivity index is 1.55. The van der Waals surface area contributed by atoms with Crippen molar-refractivity contribution >= 4 is 45.7 Å².